The molecule has 2 fully saturated rings. The number of carbonyl (C=O) groups is 1. The largest absolute Gasteiger partial charge is 0.486 e. The van der Waals surface area contributed by atoms with E-state index in [1.54, 1.807) is 6.92 Å². The summed E-state index contributed by atoms with van der Waals surface area (Å²) >= 11 is 0. The average molecular weight is 346 g/mol. The lowest BCUT2D eigenvalue weighted by molar-refractivity contribution is -0.134. The predicted molar refractivity (Wildman–Crippen MR) is 93.0 cm³/mol. The second-order valence-electron chi connectivity index (χ2n) is 7.33. The number of piperazine rings is 1. The molecule has 1 N–H and O–H groups in total. The third-order valence-electron chi connectivity index (χ3n) is 5.31. The Balaban J connectivity index is 1.33. The van der Waals surface area contributed by atoms with Gasteiger partial charge < -0.3 is 19.5 Å². The first-order chi connectivity index (χ1) is 12.1. The highest BCUT2D eigenvalue weighted by Gasteiger charge is 2.46. The van der Waals surface area contributed by atoms with Gasteiger partial charge in [0.05, 0.1) is 6.10 Å². The fraction of sp³-hybridized carbons (Fsp3) is 0.632. The molecule has 3 aliphatic rings. The number of hydrogen-bond acceptors (Lipinski definition) is 5. The van der Waals surface area contributed by atoms with Gasteiger partial charge in [-0.3, -0.25) is 9.69 Å². The topological polar surface area (TPSA) is 62.2 Å². The summed E-state index contributed by atoms with van der Waals surface area (Å²) in [4.78, 5) is 17.0. The Morgan fingerprint density at radius 1 is 1.20 bits per heavy atom. The van der Waals surface area contributed by atoms with E-state index in [9.17, 15) is 9.90 Å². The highest BCUT2D eigenvalue weighted by molar-refractivity contribution is 5.83. The average Bonchev–Trinajstić information content (AvgIpc) is 3.41. The summed E-state index contributed by atoms with van der Waals surface area (Å²) in [6.07, 6.45) is 0.608. The van der Waals surface area contributed by atoms with Gasteiger partial charge in [-0.2, -0.15) is 0 Å². The first-order valence-electron chi connectivity index (χ1n) is 9.20. The molecule has 4 rings (SSSR count). The van der Waals surface area contributed by atoms with Crippen LogP contribution >= 0.6 is 0 Å². The third-order valence-corrected chi connectivity index (χ3v) is 5.31. The van der Waals surface area contributed by atoms with Crippen LogP contribution in [0.3, 0.4) is 0 Å². The Labute approximate surface area is 148 Å². The maximum absolute atomic E-state index is 12.8. The molecule has 2 aliphatic heterocycles. The lowest BCUT2D eigenvalue weighted by Crippen LogP contribution is -2.50. The fourth-order valence-corrected chi connectivity index (χ4v) is 3.89. The Kier molecular flexibility index (Phi) is 4.56. The Bertz CT molecular complexity index is 640. The van der Waals surface area contributed by atoms with Crippen LogP contribution in [-0.4, -0.2) is 72.9 Å². The monoisotopic (exact) mass is 346 g/mol. The van der Waals surface area contributed by atoms with E-state index in [1.807, 2.05) is 17.0 Å². The lowest BCUT2D eigenvalue weighted by Gasteiger charge is -2.35. The molecule has 1 aromatic carbocycles. The SMILES string of the molecule is C[C@@H](O)CN1CCN(C(=O)[C@@H]2C[C@H]2c2ccc3c(c2)OCCO3)CC1. The highest BCUT2D eigenvalue weighted by atomic mass is 16.6. The van der Waals surface area contributed by atoms with Gasteiger partial charge in [-0.25, -0.2) is 0 Å². The second kappa shape index (κ2) is 6.84. The predicted octanol–water partition coefficient (Wildman–Crippen LogP) is 1.09. The smallest absolute Gasteiger partial charge is 0.226 e. The molecule has 1 aliphatic carbocycles. The summed E-state index contributed by atoms with van der Waals surface area (Å²) in [7, 11) is 0. The molecular formula is C19H26N2O4. The molecule has 3 atom stereocenters. The van der Waals surface area contributed by atoms with Gasteiger partial charge in [0, 0.05) is 38.6 Å². The van der Waals surface area contributed by atoms with Crippen molar-refractivity contribution >= 4 is 5.91 Å². The fourth-order valence-electron chi connectivity index (χ4n) is 3.89. The first kappa shape index (κ1) is 16.7. The molecule has 6 heteroatoms. The molecule has 0 bridgehead atoms. The molecule has 0 unspecified atom stereocenters. The first-order valence-corrected chi connectivity index (χ1v) is 9.20. The van der Waals surface area contributed by atoms with E-state index in [0.717, 1.165) is 44.1 Å². The lowest BCUT2D eigenvalue weighted by atomic mass is 10.1. The number of carbonyl (C=O) groups excluding carboxylic acids is 1. The van der Waals surface area contributed by atoms with Crippen molar-refractivity contribution in [2.75, 3.05) is 45.9 Å². The zero-order valence-corrected chi connectivity index (χ0v) is 14.7. The molecule has 1 saturated heterocycles. The van der Waals surface area contributed by atoms with Crippen molar-refractivity contribution in [3.63, 3.8) is 0 Å². The van der Waals surface area contributed by atoms with Crippen LogP contribution in [0.5, 0.6) is 11.5 Å². The van der Waals surface area contributed by atoms with Crippen LogP contribution in [0.25, 0.3) is 0 Å². The van der Waals surface area contributed by atoms with E-state index in [-0.39, 0.29) is 17.9 Å². The molecule has 0 spiro atoms. The Morgan fingerprint density at radius 2 is 1.92 bits per heavy atom. The molecular weight excluding hydrogens is 320 g/mol. The van der Waals surface area contributed by atoms with E-state index in [4.69, 9.17) is 9.47 Å². The molecule has 0 aromatic heterocycles. The summed E-state index contributed by atoms with van der Waals surface area (Å²) in [5.41, 5.74) is 1.18. The summed E-state index contributed by atoms with van der Waals surface area (Å²) in [5, 5.41) is 9.48. The number of fused-ring (bicyclic) bond motifs is 1. The number of β-amino-alcohol motifs (C(OH)–C–C–N with tert-alkyl or cyclic N) is 1. The van der Waals surface area contributed by atoms with Crippen LogP contribution in [0, 0.1) is 5.92 Å². The van der Waals surface area contributed by atoms with Crippen molar-refractivity contribution in [3.8, 4) is 11.5 Å². The van der Waals surface area contributed by atoms with Crippen LogP contribution in [0.15, 0.2) is 18.2 Å². The van der Waals surface area contributed by atoms with Gasteiger partial charge in [0.15, 0.2) is 11.5 Å². The number of nitrogens with zero attached hydrogens (tertiary/aromatic N) is 2. The minimum Gasteiger partial charge on any atom is -0.486 e. The number of benzene rings is 1. The van der Waals surface area contributed by atoms with Crippen LogP contribution in [0.1, 0.15) is 24.8 Å². The van der Waals surface area contributed by atoms with Crippen molar-refractivity contribution in [2.24, 2.45) is 5.92 Å². The van der Waals surface area contributed by atoms with Crippen molar-refractivity contribution in [2.45, 2.75) is 25.4 Å². The highest BCUT2D eigenvalue weighted by Crippen LogP contribution is 2.50. The van der Waals surface area contributed by atoms with Crippen LogP contribution in [0.2, 0.25) is 0 Å². The Hall–Kier alpha value is -1.79. The zero-order chi connectivity index (χ0) is 17.4. The third kappa shape index (κ3) is 3.60. The molecule has 1 amide bonds. The molecule has 1 saturated carbocycles. The van der Waals surface area contributed by atoms with E-state index in [2.05, 4.69) is 11.0 Å². The number of rotatable bonds is 4. The van der Waals surface area contributed by atoms with Gasteiger partial charge in [-0.05, 0) is 37.0 Å². The van der Waals surface area contributed by atoms with Gasteiger partial charge in [-0.1, -0.05) is 6.07 Å². The number of hydrogen-bond donors (Lipinski definition) is 1. The summed E-state index contributed by atoms with van der Waals surface area (Å²) < 4.78 is 11.2. The number of aliphatic hydroxyl groups is 1. The van der Waals surface area contributed by atoms with Gasteiger partial charge in [0.1, 0.15) is 13.2 Å². The van der Waals surface area contributed by atoms with Gasteiger partial charge in [0.2, 0.25) is 5.91 Å². The number of ether oxygens (including phenoxy) is 2. The molecule has 0 radical (unpaired) electrons. The van der Waals surface area contributed by atoms with Crippen LogP contribution < -0.4 is 9.47 Å². The minimum absolute atomic E-state index is 0.103. The molecule has 136 valence electrons. The molecule has 25 heavy (non-hydrogen) atoms. The van der Waals surface area contributed by atoms with Gasteiger partial charge in [-0.15, -0.1) is 0 Å². The van der Waals surface area contributed by atoms with Crippen molar-refractivity contribution in [1.29, 1.82) is 0 Å². The van der Waals surface area contributed by atoms with E-state index in [1.165, 1.54) is 5.56 Å². The molecule has 2 heterocycles. The maximum atomic E-state index is 12.8. The van der Waals surface area contributed by atoms with E-state index < -0.39 is 0 Å². The summed E-state index contributed by atoms with van der Waals surface area (Å²) in [5.74, 6) is 2.28. The van der Waals surface area contributed by atoms with Crippen LogP contribution in [0.4, 0.5) is 0 Å². The molecule has 1 aromatic rings. The number of amides is 1. The van der Waals surface area contributed by atoms with Crippen molar-refractivity contribution in [3.05, 3.63) is 23.8 Å². The van der Waals surface area contributed by atoms with E-state index >= 15 is 0 Å². The second-order valence-corrected chi connectivity index (χ2v) is 7.33. The van der Waals surface area contributed by atoms with Crippen LogP contribution in [-0.2, 0) is 4.79 Å². The van der Waals surface area contributed by atoms with Crippen molar-refractivity contribution < 1.29 is 19.4 Å². The van der Waals surface area contributed by atoms with Crippen molar-refractivity contribution in [1.82, 2.24) is 9.80 Å². The molecule has 6 nitrogen and oxygen atoms in total. The van der Waals surface area contributed by atoms with Gasteiger partial charge in [0.25, 0.3) is 0 Å². The zero-order valence-electron chi connectivity index (χ0n) is 14.7. The normalized spacial score (nSPS) is 27.0. The summed E-state index contributed by atoms with van der Waals surface area (Å²) in [6.45, 7) is 6.88. The standard InChI is InChI=1S/C19H26N2O4/c1-13(22)12-20-4-6-21(7-5-20)19(23)16-11-15(16)14-2-3-17-18(10-14)25-9-8-24-17/h2-3,10,13,15-16,22H,4-9,11-12H2,1H3/t13-,15+,16-/m1/s1. The Morgan fingerprint density at radius 3 is 2.64 bits per heavy atom. The summed E-state index contributed by atoms with van der Waals surface area (Å²) in [6, 6.07) is 6.05. The van der Waals surface area contributed by atoms with Gasteiger partial charge >= 0.3 is 0 Å². The van der Waals surface area contributed by atoms with E-state index in [0.29, 0.717) is 25.7 Å². The maximum Gasteiger partial charge on any atom is 0.226 e. The quantitative estimate of drug-likeness (QED) is 0.884. The number of aliphatic hydroxyl groups excluding tert-OH is 1. The minimum atomic E-state index is -0.315.